The molecule has 0 radical (unpaired) electrons. The van der Waals surface area contributed by atoms with E-state index in [1.165, 1.54) is 31.5 Å². The number of rotatable bonds is 2. The molecule has 1 fully saturated rings. The van der Waals surface area contributed by atoms with Crippen molar-refractivity contribution in [3.63, 3.8) is 0 Å². The molecular formula is C13H16N2. The molecule has 0 amide bonds. The van der Waals surface area contributed by atoms with Crippen molar-refractivity contribution in [3.8, 4) is 0 Å². The first kappa shape index (κ1) is 10.2. The molecule has 2 heteroatoms. The van der Waals surface area contributed by atoms with Gasteiger partial charge in [-0.3, -0.25) is 4.90 Å². The van der Waals surface area contributed by atoms with Crippen molar-refractivity contribution in [2.45, 2.75) is 25.8 Å². The van der Waals surface area contributed by atoms with Crippen molar-refractivity contribution < 1.29 is 0 Å². The van der Waals surface area contributed by atoms with Gasteiger partial charge < -0.3 is 0 Å². The van der Waals surface area contributed by atoms with E-state index in [1.807, 2.05) is 12.1 Å². The number of nitrogens with zero attached hydrogens (tertiary/aromatic N) is 2. The molecule has 0 spiro atoms. The van der Waals surface area contributed by atoms with Crippen molar-refractivity contribution in [2.24, 2.45) is 0 Å². The second kappa shape index (κ2) is 4.46. The smallest absolute Gasteiger partial charge is 0.187 e. The third kappa shape index (κ3) is 2.19. The van der Waals surface area contributed by atoms with Crippen LogP contribution in [0.1, 0.15) is 31.4 Å². The second-order valence-electron chi connectivity index (χ2n) is 4.12. The van der Waals surface area contributed by atoms with Crippen LogP contribution in [-0.4, -0.2) is 18.0 Å². The zero-order valence-corrected chi connectivity index (χ0v) is 9.11. The van der Waals surface area contributed by atoms with Gasteiger partial charge in [-0.05, 0) is 38.4 Å². The van der Waals surface area contributed by atoms with Gasteiger partial charge in [0.25, 0.3) is 0 Å². The number of likely N-dealkylation sites (tertiary alicyclic amines) is 1. The van der Waals surface area contributed by atoms with Crippen molar-refractivity contribution in [1.82, 2.24) is 4.90 Å². The Morgan fingerprint density at radius 3 is 2.33 bits per heavy atom. The maximum atomic E-state index is 6.90. The Kier molecular flexibility index (Phi) is 3.03. The summed E-state index contributed by atoms with van der Waals surface area (Å²) in [6.45, 7) is 11.6. The first-order valence-corrected chi connectivity index (χ1v) is 5.53. The average molecular weight is 200 g/mol. The Bertz CT molecular complexity index is 355. The van der Waals surface area contributed by atoms with Gasteiger partial charge in [0.1, 0.15) is 0 Å². The lowest BCUT2D eigenvalue weighted by atomic mass is 10.1. The van der Waals surface area contributed by atoms with E-state index in [0.29, 0.717) is 6.04 Å². The van der Waals surface area contributed by atoms with E-state index >= 15 is 0 Å². The SMILES string of the molecule is [C-]#[N+]c1ccc(C(C)N2CCCC2)cc1. The summed E-state index contributed by atoms with van der Waals surface area (Å²) in [7, 11) is 0. The van der Waals surface area contributed by atoms with Crippen molar-refractivity contribution in [2.75, 3.05) is 13.1 Å². The van der Waals surface area contributed by atoms with Crippen LogP contribution in [0.25, 0.3) is 4.85 Å². The summed E-state index contributed by atoms with van der Waals surface area (Å²) in [4.78, 5) is 5.91. The third-order valence-corrected chi connectivity index (χ3v) is 3.19. The van der Waals surface area contributed by atoms with Crippen LogP contribution in [0.5, 0.6) is 0 Å². The van der Waals surface area contributed by atoms with Crippen molar-refractivity contribution >= 4 is 5.69 Å². The lowest BCUT2D eigenvalue weighted by Gasteiger charge is -2.24. The Hall–Kier alpha value is -1.33. The van der Waals surface area contributed by atoms with Crippen molar-refractivity contribution in [1.29, 1.82) is 0 Å². The largest absolute Gasteiger partial charge is 0.297 e. The van der Waals surface area contributed by atoms with Crippen LogP contribution in [0, 0.1) is 6.57 Å². The Labute approximate surface area is 91.3 Å². The molecule has 0 bridgehead atoms. The van der Waals surface area contributed by atoms with E-state index in [4.69, 9.17) is 6.57 Å². The zero-order valence-electron chi connectivity index (χ0n) is 9.11. The molecule has 0 saturated carbocycles. The summed E-state index contributed by atoms with van der Waals surface area (Å²) in [5, 5.41) is 0. The lowest BCUT2D eigenvalue weighted by molar-refractivity contribution is 0.263. The summed E-state index contributed by atoms with van der Waals surface area (Å²) in [5.74, 6) is 0. The molecule has 1 saturated heterocycles. The van der Waals surface area contributed by atoms with E-state index in [-0.39, 0.29) is 0 Å². The average Bonchev–Trinajstić information content (AvgIpc) is 2.82. The molecule has 15 heavy (non-hydrogen) atoms. The first-order valence-electron chi connectivity index (χ1n) is 5.53. The normalized spacial score (nSPS) is 18.7. The van der Waals surface area contributed by atoms with Crippen molar-refractivity contribution in [3.05, 3.63) is 41.2 Å². The highest BCUT2D eigenvalue weighted by Gasteiger charge is 2.18. The molecule has 0 aromatic heterocycles. The van der Waals surface area contributed by atoms with E-state index in [9.17, 15) is 0 Å². The summed E-state index contributed by atoms with van der Waals surface area (Å²) in [6.07, 6.45) is 2.65. The fourth-order valence-corrected chi connectivity index (χ4v) is 2.17. The predicted octanol–water partition coefficient (Wildman–Crippen LogP) is 3.39. The molecule has 1 aliphatic rings. The van der Waals surface area contributed by atoms with E-state index in [2.05, 4.69) is 28.8 Å². The summed E-state index contributed by atoms with van der Waals surface area (Å²) in [6, 6.07) is 8.48. The molecule has 0 N–H and O–H groups in total. The molecule has 78 valence electrons. The topological polar surface area (TPSA) is 7.60 Å². The molecule has 1 aromatic rings. The fraction of sp³-hybridized carbons (Fsp3) is 0.462. The highest BCUT2D eigenvalue weighted by molar-refractivity contribution is 5.45. The van der Waals surface area contributed by atoms with Gasteiger partial charge in [-0.25, -0.2) is 4.85 Å². The molecule has 0 aliphatic carbocycles. The number of benzene rings is 1. The van der Waals surface area contributed by atoms with Crippen LogP contribution in [0.3, 0.4) is 0 Å². The van der Waals surface area contributed by atoms with Crippen LogP contribution in [0.15, 0.2) is 24.3 Å². The summed E-state index contributed by atoms with van der Waals surface area (Å²) < 4.78 is 0. The quantitative estimate of drug-likeness (QED) is 0.664. The maximum absolute atomic E-state index is 6.90. The standard InChI is InChI=1S/C13H16N2/c1-11(15-9-3-4-10-15)12-5-7-13(14-2)8-6-12/h5-8,11H,3-4,9-10H2,1H3. The second-order valence-corrected chi connectivity index (χ2v) is 4.12. The minimum Gasteiger partial charge on any atom is -0.297 e. The van der Waals surface area contributed by atoms with Gasteiger partial charge in [-0.2, -0.15) is 0 Å². The minimum atomic E-state index is 0.493. The monoisotopic (exact) mass is 200 g/mol. The lowest BCUT2D eigenvalue weighted by Crippen LogP contribution is -2.23. The van der Waals surface area contributed by atoms with E-state index in [1.54, 1.807) is 0 Å². The minimum absolute atomic E-state index is 0.493. The van der Waals surface area contributed by atoms with Crippen LogP contribution in [0.4, 0.5) is 5.69 Å². The van der Waals surface area contributed by atoms with Crippen LogP contribution in [-0.2, 0) is 0 Å². The van der Waals surface area contributed by atoms with Crippen LogP contribution in [0.2, 0.25) is 0 Å². The zero-order chi connectivity index (χ0) is 10.7. The molecule has 1 unspecified atom stereocenters. The van der Waals surface area contributed by atoms with Gasteiger partial charge in [-0.15, -0.1) is 0 Å². The highest BCUT2D eigenvalue weighted by Crippen LogP contribution is 2.25. The van der Waals surface area contributed by atoms with Gasteiger partial charge >= 0.3 is 0 Å². The molecule has 2 nitrogen and oxygen atoms in total. The maximum Gasteiger partial charge on any atom is 0.187 e. The van der Waals surface area contributed by atoms with E-state index in [0.717, 1.165) is 5.69 Å². The molecular weight excluding hydrogens is 184 g/mol. The highest BCUT2D eigenvalue weighted by atomic mass is 15.2. The fourth-order valence-electron chi connectivity index (χ4n) is 2.17. The van der Waals surface area contributed by atoms with Crippen LogP contribution < -0.4 is 0 Å². The molecule has 2 rings (SSSR count). The first-order chi connectivity index (χ1) is 7.31. The number of hydrogen-bond donors (Lipinski definition) is 0. The number of hydrogen-bond acceptors (Lipinski definition) is 1. The molecule has 1 atom stereocenters. The van der Waals surface area contributed by atoms with Gasteiger partial charge in [-0.1, -0.05) is 24.3 Å². The Morgan fingerprint density at radius 1 is 1.20 bits per heavy atom. The predicted molar refractivity (Wildman–Crippen MR) is 61.9 cm³/mol. The van der Waals surface area contributed by atoms with Crippen LogP contribution >= 0.6 is 0 Å². The summed E-state index contributed by atoms with van der Waals surface area (Å²) >= 11 is 0. The third-order valence-electron chi connectivity index (χ3n) is 3.19. The Morgan fingerprint density at radius 2 is 1.80 bits per heavy atom. The molecule has 1 aromatic carbocycles. The summed E-state index contributed by atoms with van der Waals surface area (Å²) in [5.41, 5.74) is 2.05. The molecule has 1 heterocycles. The van der Waals surface area contributed by atoms with Gasteiger partial charge in [0, 0.05) is 6.04 Å². The van der Waals surface area contributed by atoms with Gasteiger partial charge in [0.05, 0.1) is 6.57 Å². The van der Waals surface area contributed by atoms with Gasteiger partial charge in [0.15, 0.2) is 5.69 Å². The van der Waals surface area contributed by atoms with E-state index < -0.39 is 0 Å². The Balaban J connectivity index is 2.11. The molecule has 1 aliphatic heterocycles. The van der Waals surface area contributed by atoms with Gasteiger partial charge in [0.2, 0.25) is 0 Å².